The molecule has 0 aliphatic carbocycles. The van der Waals surface area contributed by atoms with Gasteiger partial charge in [0.1, 0.15) is 0 Å². The highest BCUT2D eigenvalue weighted by Gasteiger charge is 2.24. The molecule has 27 heavy (non-hydrogen) atoms. The Labute approximate surface area is 150 Å². The first-order valence-electron chi connectivity index (χ1n) is 7.60. The second kappa shape index (κ2) is 7.48. The largest absolute Gasteiger partial charge is 0.245 e. The third-order valence-electron chi connectivity index (χ3n) is 3.53. The molecule has 0 radical (unpaired) electrons. The Kier molecular flexibility index (Phi) is 5.11. The molecule has 0 spiro atoms. The lowest BCUT2D eigenvalue weighted by molar-refractivity contribution is 0.377. The lowest BCUT2D eigenvalue weighted by atomic mass is 10.1. The summed E-state index contributed by atoms with van der Waals surface area (Å²) in [5.41, 5.74) is 3.10. The van der Waals surface area contributed by atoms with Crippen LogP contribution in [0.3, 0.4) is 0 Å². The molecule has 1 heterocycles. The standard InChI is InChI=1S/C18H11F5N4/c1-9-7-12(10-5-3-2-4-6-10)26-18(25-9)27-24-8-11-13(19)15(21)17(23)16(22)14(11)20/h2-8H,1H3,(H,25,26,27)/b24-8+. The summed E-state index contributed by atoms with van der Waals surface area (Å²) in [5, 5.41) is 3.49. The number of aryl methyl sites for hydroxylation is 1. The minimum Gasteiger partial charge on any atom is -0.245 e. The van der Waals surface area contributed by atoms with Gasteiger partial charge in [0, 0.05) is 11.3 Å². The van der Waals surface area contributed by atoms with E-state index in [-0.39, 0.29) is 5.95 Å². The zero-order valence-electron chi connectivity index (χ0n) is 13.8. The summed E-state index contributed by atoms with van der Waals surface area (Å²) in [6, 6.07) is 10.8. The number of benzene rings is 2. The molecule has 4 nitrogen and oxygen atoms in total. The number of rotatable bonds is 4. The van der Waals surface area contributed by atoms with Gasteiger partial charge in [0.05, 0.1) is 17.5 Å². The topological polar surface area (TPSA) is 50.2 Å². The van der Waals surface area contributed by atoms with Crippen LogP contribution in [0.5, 0.6) is 0 Å². The minimum atomic E-state index is -2.23. The normalized spacial score (nSPS) is 11.2. The number of halogens is 5. The lowest BCUT2D eigenvalue weighted by Gasteiger charge is -2.06. The lowest BCUT2D eigenvalue weighted by Crippen LogP contribution is -2.07. The summed E-state index contributed by atoms with van der Waals surface area (Å²) in [4.78, 5) is 8.25. The van der Waals surface area contributed by atoms with E-state index in [0.717, 1.165) is 5.56 Å². The minimum absolute atomic E-state index is 0.00558. The second-order valence-corrected chi connectivity index (χ2v) is 5.44. The first kappa shape index (κ1) is 18.4. The molecule has 0 unspecified atom stereocenters. The third kappa shape index (κ3) is 3.76. The van der Waals surface area contributed by atoms with Crippen molar-refractivity contribution in [1.82, 2.24) is 9.97 Å². The van der Waals surface area contributed by atoms with E-state index in [9.17, 15) is 22.0 Å². The van der Waals surface area contributed by atoms with Crippen LogP contribution in [0.25, 0.3) is 11.3 Å². The Morgan fingerprint density at radius 1 is 0.852 bits per heavy atom. The average Bonchev–Trinajstić information content (AvgIpc) is 2.68. The van der Waals surface area contributed by atoms with Crippen LogP contribution in [0, 0.1) is 36.0 Å². The third-order valence-corrected chi connectivity index (χ3v) is 3.53. The summed E-state index contributed by atoms with van der Waals surface area (Å²) < 4.78 is 66.6. The fourth-order valence-electron chi connectivity index (χ4n) is 2.27. The number of nitrogens with one attached hydrogen (secondary N) is 1. The van der Waals surface area contributed by atoms with Crippen molar-refractivity contribution < 1.29 is 22.0 Å². The predicted octanol–water partition coefficient (Wildman–Crippen LogP) is 4.59. The maximum atomic E-state index is 13.6. The van der Waals surface area contributed by atoms with Gasteiger partial charge in [-0.05, 0) is 13.0 Å². The van der Waals surface area contributed by atoms with Gasteiger partial charge in [0.25, 0.3) is 0 Å². The SMILES string of the molecule is Cc1cc(-c2ccccc2)nc(N/N=C/c2c(F)c(F)c(F)c(F)c2F)n1. The maximum Gasteiger partial charge on any atom is 0.244 e. The highest BCUT2D eigenvalue weighted by Crippen LogP contribution is 2.22. The van der Waals surface area contributed by atoms with Crippen LogP contribution in [0.2, 0.25) is 0 Å². The fraction of sp³-hybridized carbons (Fsp3) is 0.0556. The van der Waals surface area contributed by atoms with Gasteiger partial charge in [0.2, 0.25) is 11.8 Å². The highest BCUT2D eigenvalue weighted by molar-refractivity contribution is 5.81. The van der Waals surface area contributed by atoms with Crippen molar-refractivity contribution >= 4 is 12.2 Å². The number of hydrazone groups is 1. The quantitative estimate of drug-likeness (QED) is 0.237. The Balaban J connectivity index is 1.89. The van der Waals surface area contributed by atoms with E-state index < -0.39 is 34.6 Å². The van der Waals surface area contributed by atoms with Gasteiger partial charge in [0.15, 0.2) is 23.3 Å². The Bertz CT molecular complexity index is 993. The molecule has 0 aliphatic rings. The van der Waals surface area contributed by atoms with Crippen molar-refractivity contribution in [3.05, 3.63) is 76.7 Å². The number of hydrogen-bond donors (Lipinski definition) is 1. The zero-order valence-corrected chi connectivity index (χ0v) is 13.8. The molecule has 0 bridgehead atoms. The van der Waals surface area contributed by atoms with Crippen molar-refractivity contribution in [2.24, 2.45) is 5.10 Å². The van der Waals surface area contributed by atoms with E-state index in [2.05, 4.69) is 20.5 Å². The molecule has 2 aromatic carbocycles. The van der Waals surface area contributed by atoms with Crippen LogP contribution in [-0.2, 0) is 0 Å². The van der Waals surface area contributed by atoms with E-state index in [1.54, 1.807) is 13.0 Å². The number of nitrogens with zero attached hydrogens (tertiary/aromatic N) is 3. The molecule has 3 aromatic rings. The molecule has 3 rings (SSSR count). The summed E-state index contributed by atoms with van der Waals surface area (Å²) >= 11 is 0. The predicted molar refractivity (Wildman–Crippen MR) is 89.7 cm³/mol. The van der Waals surface area contributed by atoms with Crippen molar-refractivity contribution in [3.8, 4) is 11.3 Å². The molecular formula is C18H11F5N4. The van der Waals surface area contributed by atoms with Crippen LogP contribution in [0.1, 0.15) is 11.3 Å². The van der Waals surface area contributed by atoms with Crippen molar-refractivity contribution in [1.29, 1.82) is 0 Å². The van der Waals surface area contributed by atoms with Crippen LogP contribution < -0.4 is 5.43 Å². The smallest absolute Gasteiger partial charge is 0.244 e. The zero-order chi connectivity index (χ0) is 19.6. The highest BCUT2D eigenvalue weighted by atomic mass is 19.2. The molecule has 9 heteroatoms. The fourth-order valence-corrected chi connectivity index (χ4v) is 2.27. The first-order valence-corrected chi connectivity index (χ1v) is 7.60. The van der Waals surface area contributed by atoms with Gasteiger partial charge in [-0.2, -0.15) is 5.10 Å². The molecule has 0 fully saturated rings. The van der Waals surface area contributed by atoms with Gasteiger partial charge < -0.3 is 0 Å². The molecule has 0 amide bonds. The molecule has 0 atom stereocenters. The van der Waals surface area contributed by atoms with Crippen LogP contribution in [-0.4, -0.2) is 16.2 Å². The Morgan fingerprint density at radius 2 is 1.44 bits per heavy atom. The van der Waals surface area contributed by atoms with Gasteiger partial charge in [-0.25, -0.2) is 37.3 Å². The van der Waals surface area contributed by atoms with Crippen molar-refractivity contribution in [2.75, 3.05) is 5.43 Å². The molecule has 0 saturated carbocycles. The average molecular weight is 378 g/mol. The van der Waals surface area contributed by atoms with E-state index in [1.807, 2.05) is 30.3 Å². The summed E-state index contributed by atoms with van der Waals surface area (Å²) in [6.45, 7) is 1.70. The molecule has 0 aliphatic heterocycles. The second-order valence-electron chi connectivity index (χ2n) is 5.44. The number of hydrogen-bond acceptors (Lipinski definition) is 4. The van der Waals surface area contributed by atoms with Crippen LogP contribution in [0.15, 0.2) is 41.5 Å². The first-order chi connectivity index (χ1) is 12.9. The van der Waals surface area contributed by atoms with E-state index in [0.29, 0.717) is 17.6 Å². The Hall–Kier alpha value is -3.36. The Morgan fingerprint density at radius 3 is 2.07 bits per heavy atom. The van der Waals surface area contributed by atoms with E-state index in [1.165, 1.54) is 0 Å². The van der Waals surface area contributed by atoms with Crippen molar-refractivity contribution in [2.45, 2.75) is 6.92 Å². The summed E-state index contributed by atoms with van der Waals surface area (Å²) in [7, 11) is 0. The van der Waals surface area contributed by atoms with Gasteiger partial charge in [-0.3, -0.25) is 0 Å². The maximum absolute atomic E-state index is 13.6. The summed E-state index contributed by atoms with van der Waals surface area (Å²) in [6.07, 6.45) is 0.476. The van der Waals surface area contributed by atoms with Gasteiger partial charge >= 0.3 is 0 Å². The molecule has 0 saturated heterocycles. The van der Waals surface area contributed by atoms with Gasteiger partial charge in [-0.15, -0.1) is 0 Å². The number of anilines is 1. The number of aromatic nitrogens is 2. The monoisotopic (exact) mass is 378 g/mol. The molecular weight excluding hydrogens is 367 g/mol. The van der Waals surface area contributed by atoms with E-state index in [4.69, 9.17) is 0 Å². The van der Waals surface area contributed by atoms with E-state index >= 15 is 0 Å². The van der Waals surface area contributed by atoms with Gasteiger partial charge in [-0.1, -0.05) is 30.3 Å². The molecule has 1 N–H and O–H groups in total. The van der Waals surface area contributed by atoms with Crippen molar-refractivity contribution in [3.63, 3.8) is 0 Å². The van der Waals surface area contributed by atoms with Crippen LogP contribution >= 0.6 is 0 Å². The molecule has 1 aromatic heterocycles. The van der Waals surface area contributed by atoms with Crippen LogP contribution in [0.4, 0.5) is 27.9 Å². The molecule has 138 valence electrons. The summed E-state index contributed by atoms with van der Waals surface area (Å²) in [5.74, 6) is -10.3.